The quantitative estimate of drug-likeness (QED) is 0.0540. The van der Waals surface area contributed by atoms with Crippen molar-refractivity contribution in [2.24, 2.45) is 0 Å². The van der Waals surface area contributed by atoms with Crippen LogP contribution in [-0.4, -0.2) is 61.0 Å². The third-order valence-electron chi connectivity index (χ3n) is 10.1. The van der Waals surface area contributed by atoms with Crippen LogP contribution in [-0.2, 0) is 32.3 Å². The molecule has 0 saturated carbocycles. The van der Waals surface area contributed by atoms with Crippen LogP contribution in [0.5, 0.6) is 0 Å². The van der Waals surface area contributed by atoms with Crippen LogP contribution in [0.3, 0.4) is 0 Å². The second kappa shape index (κ2) is 30.7. The minimum Gasteiger partial charge on any atom is -0.461 e. The first kappa shape index (κ1) is 45.5. The van der Waals surface area contributed by atoms with Crippen LogP contribution in [0.1, 0.15) is 167 Å². The van der Waals surface area contributed by atoms with E-state index in [4.69, 9.17) is 9.47 Å². The predicted molar refractivity (Wildman–Crippen MR) is 219 cm³/mol. The van der Waals surface area contributed by atoms with E-state index in [1.807, 2.05) is 24.3 Å². The third kappa shape index (κ3) is 22.4. The van der Waals surface area contributed by atoms with Crippen molar-refractivity contribution in [3.8, 4) is 11.1 Å². The van der Waals surface area contributed by atoms with Crippen LogP contribution < -0.4 is 0 Å². The zero-order valence-corrected chi connectivity index (χ0v) is 33.9. The number of unbranched alkanes of at least 4 members (excludes halogenated alkanes) is 12. The molecule has 0 saturated heterocycles. The van der Waals surface area contributed by atoms with E-state index in [0.717, 1.165) is 74.4 Å². The van der Waals surface area contributed by atoms with Crippen molar-refractivity contribution in [3.63, 3.8) is 0 Å². The van der Waals surface area contributed by atoms with Gasteiger partial charge in [0, 0.05) is 12.8 Å². The molecule has 294 valence electrons. The fraction of sp³-hybridized carbons (Fsp3) is 0.696. The lowest BCUT2D eigenvalue weighted by Crippen LogP contribution is -2.27. The molecular weight excluding hydrogens is 645 g/mol. The average Bonchev–Trinajstić information content (AvgIpc) is 3.16. The maximum absolute atomic E-state index is 12.5. The molecule has 0 aliphatic heterocycles. The standard InChI is InChI=1S/C46H76N2O4/c1-5-9-13-15-17-19-35-47(33-11-7-3)37-21-23-45(49)51-39-41-25-29-43(30-26-41)44-31-27-42(28-32-44)40-52-46(50)24-22-38-48(34-12-8-4)36-20-18-16-14-10-6-2/h25-32H,5-24,33-40H2,1-4H3. The van der Waals surface area contributed by atoms with E-state index in [1.54, 1.807) is 0 Å². The van der Waals surface area contributed by atoms with Gasteiger partial charge < -0.3 is 19.3 Å². The van der Waals surface area contributed by atoms with Gasteiger partial charge in [-0.1, -0.05) is 153 Å². The van der Waals surface area contributed by atoms with Crippen LogP contribution in [0, 0.1) is 0 Å². The maximum Gasteiger partial charge on any atom is 0.306 e. The Kier molecular flexibility index (Phi) is 26.9. The summed E-state index contributed by atoms with van der Waals surface area (Å²) in [6.45, 7) is 16.1. The Morgan fingerprint density at radius 2 is 0.712 bits per heavy atom. The Balaban J connectivity index is 1.67. The van der Waals surface area contributed by atoms with E-state index in [9.17, 15) is 9.59 Å². The molecule has 0 aromatic heterocycles. The largest absolute Gasteiger partial charge is 0.461 e. The second-order valence-corrected chi connectivity index (χ2v) is 14.8. The molecule has 6 nitrogen and oxygen atoms in total. The third-order valence-corrected chi connectivity index (χ3v) is 10.1. The zero-order valence-electron chi connectivity index (χ0n) is 33.9. The predicted octanol–water partition coefficient (Wildman–Crippen LogP) is 11.9. The lowest BCUT2D eigenvalue weighted by Gasteiger charge is -2.22. The van der Waals surface area contributed by atoms with Crippen LogP contribution in [0.4, 0.5) is 0 Å². The van der Waals surface area contributed by atoms with Gasteiger partial charge in [0.25, 0.3) is 0 Å². The zero-order chi connectivity index (χ0) is 37.5. The molecule has 0 fully saturated rings. The van der Waals surface area contributed by atoms with Crippen molar-refractivity contribution in [1.82, 2.24) is 9.80 Å². The molecule has 6 heteroatoms. The van der Waals surface area contributed by atoms with E-state index >= 15 is 0 Å². The Hall–Kier alpha value is -2.70. The average molecular weight is 721 g/mol. The van der Waals surface area contributed by atoms with Gasteiger partial charge in [0.1, 0.15) is 13.2 Å². The summed E-state index contributed by atoms with van der Waals surface area (Å²) >= 11 is 0. The molecule has 2 aromatic carbocycles. The smallest absolute Gasteiger partial charge is 0.306 e. The summed E-state index contributed by atoms with van der Waals surface area (Å²) in [7, 11) is 0. The molecule has 0 aliphatic rings. The molecule has 0 unspecified atom stereocenters. The number of carbonyl (C=O) groups excluding carboxylic acids is 2. The number of carbonyl (C=O) groups is 2. The van der Waals surface area contributed by atoms with Crippen LogP contribution in [0.25, 0.3) is 11.1 Å². The summed E-state index contributed by atoms with van der Waals surface area (Å²) in [5.74, 6) is -0.236. The number of hydrogen-bond acceptors (Lipinski definition) is 6. The molecule has 0 amide bonds. The van der Waals surface area contributed by atoms with Crippen LogP contribution >= 0.6 is 0 Å². The summed E-state index contributed by atoms with van der Waals surface area (Å²) < 4.78 is 11.2. The Morgan fingerprint density at radius 3 is 1.08 bits per heavy atom. The molecule has 0 aliphatic carbocycles. The topological polar surface area (TPSA) is 59.1 Å². The van der Waals surface area contributed by atoms with Gasteiger partial charge in [-0.15, -0.1) is 0 Å². The summed E-state index contributed by atoms with van der Waals surface area (Å²) in [5.41, 5.74) is 4.18. The fourth-order valence-corrected chi connectivity index (χ4v) is 6.62. The van der Waals surface area contributed by atoms with Gasteiger partial charge in [-0.25, -0.2) is 0 Å². The van der Waals surface area contributed by atoms with Crippen molar-refractivity contribution in [3.05, 3.63) is 59.7 Å². The highest BCUT2D eigenvalue weighted by atomic mass is 16.5. The maximum atomic E-state index is 12.5. The van der Waals surface area contributed by atoms with E-state index in [1.165, 1.54) is 103 Å². The molecule has 0 atom stereocenters. The SMILES string of the molecule is CCCCCCCCN(CCCC)CCCC(=O)OCc1ccc(-c2ccc(COC(=O)CCCN(CCCC)CCCCCCCC)cc2)cc1. The van der Waals surface area contributed by atoms with Crippen molar-refractivity contribution in [2.75, 3.05) is 39.3 Å². The molecule has 2 rings (SSSR count). The summed E-state index contributed by atoms with van der Waals surface area (Å²) in [5, 5.41) is 0. The van der Waals surface area contributed by atoms with Gasteiger partial charge in [0.15, 0.2) is 0 Å². The Morgan fingerprint density at radius 1 is 0.404 bits per heavy atom. The molecule has 0 spiro atoms. The molecule has 2 aromatic rings. The van der Waals surface area contributed by atoms with E-state index in [2.05, 4.69) is 61.8 Å². The molecule has 0 N–H and O–H groups in total. The minimum atomic E-state index is -0.118. The van der Waals surface area contributed by atoms with Crippen molar-refractivity contribution >= 4 is 11.9 Å². The van der Waals surface area contributed by atoms with Gasteiger partial charge in [-0.3, -0.25) is 9.59 Å². The molecular formula is C46H76N2O4. The number of rotatable bonds is 33. The first-order valence-corrected chi connectivity index (χ1v) is 21.4. The van der Waals surface area contributed by atoms with Crippen molar-refractivity contribution < 1.29 is 19.1 Å². The fourth-order valence-electron chi connectivity index (χ4n) is 6.62. The summed E-state index contributed by atoms with van der Waals surface area (Å²) in [4.78, 5) is 30.1. The number of esters is 2. The highest BCUT2D eigenvalue weighted by molar-refractivity contribution is 5.70. The summed E-state index contributed by atoms with van der Waals surface area (Å²) in [6, 6.07) is 16.4. The second-order valence-electron chi connectivity index (χ2n) is 14.8. The van der Waals surface area contributed by atoms with Gasteiger partial charge in [-0.05, 0) is 100 Å². The first-order chi connectivity index (χ1) is 25.5. The van der Waals surface area contributed by atoms with Crippen LogP contribution in [0.15, 0.2) is 48.5 Å². The minimum absolute atomic E-state index is 0.118. The van der Waals surface area contributed by atoms with E-state index < -0.39 is 0 Å². The number of nitrogens with zero attached hydrogens (tertiary/aromatic N) is 2. The first-order valence-electron chi connectivity index (χ1n) is 21.4. The highest BCUT2D eigenvalue weighted by Crippen LogP contribution is 2.21. The van der Waals surface area contributed by atoms with Crippen LogP contribution in [0.2, 0.25) is 0 Å². The van der Waals surface area contributed by atoms with E-state index in [0.29, 0.717) is 26.1 Å². The highest BCUT2D eigenvalue weighted by Gasteiger charge is 2.10. The molecule has 0 radical (unpaired) electrons. The lowest BCUT2D eigenvalue weighted by molar-refractivity contribution is -0.146. The molecule has 0 bridgehead atoms. The van der Waals surface area contributed by atoms with Gasteiger partial charge >= 0.3 is 11.9 Å². The number of hydrogen-bond donors (Lipinski definition) is 0. The van der Waals surface area contributed by atoms with Gasteiger partial charge in [0.05, 0.1) is 0 Å². The monoisotopic (exact) mass is 721 g/mol. The normalized spacial score (nSPS) is 11.4. The molecule has 52 heavy (non-hydrogen) atoms. The molecule has 0 heterocycles. The van der Waals surface area contributed by atoms with Crippen molar-refractivity contribution in [1.29, 1.82) is 0 Å². The van der Waals surface area contributed by atoms with E-state index in [-0.39, 0.29) is 11.9 Å². The lowest BCUT2D eigenvalue weighted by atomic mass is 10.0. The van der Waals surface area contributed by atoms with Gasteiger partial charge in [0.2, 0.25) is 0 Å². The van der Waals surface area contributed by atoms with Gasteiger partial charge in [-0.2, -0.15) is 0 Å². The number of ether oxygens (including phenoxy) is 2. The summed E-state index contributed by atoms with van der Waals surface area (Å²) in [6.07, 6.45) is 23.3. The Labute approximate surface area is 319 Å². The Bertz CT molecular complexity index is 1060. The number of benzene rings is 2. The van der Waals surface area contributed by atoms with Crippen molar-refractivity contribution in [2.45, 2.75) is 169 Å².